The van der Waals surface area contributed by atoms with Gasteiger partial charge in [-0.1, -0.05) is 19.3 Å². The lowest BCUT2D eigenvalue weighted by molar-refractivity contribution is -0.125. The summed E-state index contributed by atoms with van der Waals surface area (Å²) < 4.78 is 31.5. The quantitative estimate of drug-likeness (QED) is 0.746. The van der Waals surface area contributed by atoms with Crippen LogP contribution >= 0.6 is 0 Å². The van der Waals surface area contributed by atoms with Crippen molar-refractivity contribution in [3.05, 3.63) is 29.8 Å². The summed E-state index contributed by atoms with van der Waals surface area (Å²) in [7, 11) is -3.51. The fourth-order valence-electron chi connectivity index (χ4n) is 3.57. The van der Waals surface area contributed by atoms with Crippen molar-refractivity contribution in [3.8, 4) is 0 Å². The Morgan fingerprint density at radius 2 is 1.63 bits per heavy atom. The standard InChI is InChI=1S/C19H26N2O5S/c22-18(20-16-6-2-1-3-7-16)14-26-19(23)15-8-10-17(11-9-15)27(24,25)21-12-4-5-13-21/h8-11,16H,1-7,12-14H2,(H,20,22). The molecule has 1 amide bonds. The molecule has 1 saturated carbocycles. The van der Waals surface area contributed by atoms with Crippen LogP contribution in [0.3, 0.4) is 0 Å². The van der Waals surface area contributed by atoms with E-state index < -0.39 is 16.0 Å². The van der Waals surface area contributed by atoms with E-state index in [1.54, 1.807) is 0 Å². The van der Waals surface area contributed by atoms with Crippen LogP contribution in [-0.2, 0) is 19.6 Å². The Bertz CT molecular complexity index is 764. The predicted octanol–water partition coefficient (Wildman–Crippen LogP) is 2.08. The molecule has 148 valence electrons. The summed E-state index contributed by atoms with van der Waals surface area (Å²) in [6.07, 6.45) is 7.08. The third-order valence-electron chi connectivity index (χ3n) is 5.10. The third kappa shape index (κ3) is 5.07. The second-order valence-corrected chi connectivity index (χ2v) is 9.05. The topological polar surface area (TPSA) is 92.8 Å². The Morgan fingerprint density at radius 1 is 1.00 bits per heavy atom. The summed E-state index contributed by atoms with van der Waals surface area (Å²) in [4.78, 5) is 24.2. The van der Waals surface area contributed by atoms with Crippen LogP contribution in [0, 0.1) is 0 Å². The van der Waals surface area contributed by atoms with Gasteiger partial charge < -0.3 is 10.1 Å². The number of ether oxygens (including phenoxy) is 1. The molecule has 7 nitrogen and oxygen atoms in total. The lowest BCUT2D eigenvalue weighted by Crippen LogP contribution is -2.38. The van der Waals surface area contributed by atoms with Gasteiger partial charge in [0.1, 0.15) is 0 Å². The number of amides is 1. The first-order valence-electron chi connectivity index (χ1n) is 9.53. The zero-order chi connectivity index (χ0) is 19.3. The van der Waals surface area contributed by atoms with Gasteiger partial charge in [-0.15, -0.1) is 0 Å². The highest BCUT2D eigenvalue weighted by molar-refractivity contribution is 7.89. The van der Waals surface area contributed by atoms with Crippen molar-refractivity contribution in [1.82, 2.24) is 9.62 Å². The maximum Gasteiger partial charge on any atom is 0.338 e. The van der Waals surface area contributed by atoms with Gasteiger partial charge in [0.15, 0.2) is 6.61 Å². The second-order valence-electron chi connectivity index (χ2n) is 7.11. The number of esters is 1. The van der Waals surface area contributed by atoms with E-state index in [1.165, 1.54) is 35.0 Å². The molecule has 1 aliphatic heterocycles. The van der Waals surface area contributed by atoms with Crippen LogP contribution < -0.4 is 5.32 Å². The Morgan fingerprint density at radius 3 is 2.26 bits per heavy atom. The van der Waals surface area contributed by atoms with E-state index in [1.807, 2.05) is 0 Å². The van der Waals surface area contributed by atoms with Gasteiger partial charge in [-0.25, -0.2) is 13.2 Å². The van der Waals surface area contributed by atoms with Gasteiger partial charge in [-0.2, -0.15) is 4.31 Å². The van der Waals surface area contributed by atoms with Gasteiger partial charge in [-0.3, -0.25) is 4.79 Å². The maximum atomic E-state index is 12.5. The molecule has 27 heavy (non-hydrogen) atoms. The Kier molecular flexibility index (Phi) is 6.49. The number of hydrogen-bond acceptors (Lipinski definition) is 5. The number of carbonyl (C=O) groups excluding carboxylic acids is 2. The van der Waals surface area contributed by atoms with Crippen LogP contribution in [0.15, 0.2) is 29.2 Å². The van der Waals surface area contributed by atoms with Crippen LogP contribution in [0.4, 0.5) is 0 Å². The number of nitrogens with one attached hydrogen (secondary N) is 1. The van der Waals surface area contributed by atoms with E-state index in [-0.39, 0.29) is 29.0 Å². The molecule has 0 aromatic heterocycles. The number of benzene rings is 1. The summed E-state index contributed by atoms with van der Waals surface area (Å²) in [6.45, 7) is 0.730. The van der Waals surface area contributed by atoms with Crippen LogP contribution in [0.25, 0.3) is 0 Å². The molecule has 0 unspecified atom stereocenters. The van der Waals surface area contributed by atoms with E-state index >= 15 is 0 Å². The molecule has 3 rings (SSSR count). The SMILES string of the molecule is O=C(COC(=O)c1ccc(S(=O)(=O)N2CCCC2)cc1)NC1CCCCC1. The van der Waals surface area contributed by atoms with Gasteiger partial charge in [0.2, 0.25) is 10.0 Å². The van der Waals surface area contributed by atoms with E-state index in [0.29, 0.717) is 13.1 Å². The fourth-order valence-corrected chi connectivity index (χ4v) is 5.09. The lowest BCUT2D eigenvalue weighted by atomic mass is 9.95. The highest BCUT2D eigenvalue weighted by atomic mass is 32.2. The first kappa shape index (κ1) is 19.8. The first-order chi connectivity index (χ1) is 13.0. The van der Waals surface area contributed by atoms with E-state index in [0.717, 1.165) is 38.5 Å². The smallest absolute Gasteiger partial charge is 0.338 e. The maximum absolute atomic E-state index is 12.5. The number of hydrogen-bond donors (Lipinski definition) is 1. The van der Waals surface area contributed by atoms with E-state index in [9.17, 15) is 18.0 Å². The van der Waals surface area contributed by atoms with Crippen molar-refractivity contribution in [3.63, 3.8) is 0 Å². The van der Waals surface area contributed by atoms with Gasteiger partial charge in [0, 0.05) is 19.1 Å². The van der Waals surface area contributed by atoms with E-state index in [2.05, 4.69) is 5.32 Å². The molecule has 0 spiro atoms. The largest absolute Gasteiger partial charge is 0.452 e. The number of carbonyl (C=O) groups is 2. The van der Waals surface area contributed by atoms with E-state index in [4.69, 9.17) is 4.74 Å². The molecule has 0 bridgehead atoms. The van der Waals surface area contributed by atoms with Gasteiger partial charge in [0.05, 0.1) is 10.5 Å². The van der Waals surface area contributed by atoms with Crippen LogP contribution in [0.2, 0.25) is 0 Å². The Balaban J connectivity index is 1.52. The van der Waals surface area contributed by atoms with Crippen LogP contribution in [-0.4, -0.2) is 50.3 Å². The average Bonchev–Trinajstić information content (AvgIpc) is 3.23. The Hall–Kier alpha value is -1.93. The summed E-state index contributed by atoms with van der Waals surface area (Å²) in [5, 5.41) is 2.88. The first-order valence-corrected chi connectivity index (χ1v) is 11.0. The van der Waals surface area contributed by atoms with Crippen LogP contribution in [0.5, 0.6) is 0 Å². The van der Waals surface area contributed by atoms with Crippen molar-refractivity contribution in [2.24, 2.45) is 0 Å². The van der Waals surface area contributed by atoms with Gasteiger partial charge >= 0.3 is 5.97 Å². The Labute approximate surface area is 160 Å². The van der Waals surface area contributed by atoms with Crippen molar-refractivity contribution in [2.45, 2.75) is 55.9 Å². The zero-order valence-corrected chi connectivity index (χ0v) is 16.2. The monoisotopic (exact) mass is 394 g/mol. The molecule has 8 heteroatoms. The molecule has 1 N–H and O–H groups in total. The minimum atomic E-state index is -3.51. The lowest BCUT2D eigenvalue weighted by Gasteiger charge is -2.22. The predicted molar refractivity (Wildman–Crippen MR) is 99.7 cm³/mol. The molecule has 0 atom stereocenters. The highest BCUT2D eigenvalue weighted by Crippen LogP contribution is 2.21. The van der Waals surface area contributed by atoms with Crippen molar-refractivity contribution in [2.75, 3.05) is 19.7 Å². The normalized spacial score (nSPS) is 19.0. The van der Waals surface area contributed by atoms with Gasteiger partial charge in [0.25, 0.3) is 5.91 Å². The summed E-state index contributed by atoms with van der Waals surface area (Å²) >= 11 is 0. The number of nitrogens with zero attached hydrogens (tertiary/aromatic N) is 1. The molecule has 1 saturated heterocycles. The van der Waals surface area contributed by atoms with Crippen molar-refractivity contribution < 1.29 is 22.7 Å². The molecule has 1 heterocycles. The summed E-state index contributed by atoms with van der Waals surface area (Å²) in [5.41, 5.74) is 0.223. The summed E-state index contributed by atoms with van der Waals surface area (Å²) in [6, 6.07) is 5.83. The highest BCUT2D eigenvalue weighted by Gasteiger charge is 2.27. The molecular weight excluding hydrogens is 368 g/mol. The van der Waals surface area contributed by atoms with Gasteiger partial charge in [-0.05, 0) is 49.9 Å². The van der Waals surface area contributed by atoms with Crippen molar-refractivity contribution in [1.29, 1.82) is 0 Å². The molecule has 1 aliphatic carbocycles. The number of rotatable bonds is 6. The molecule has 2 fully saturated rings. The van der Waals surface area contributed by atoms with Crippen LogP contribution in [0.1, 0.15) is 55.3 Å². The minimum absolute atomic E-state index is 0.163. The average molecular weight is 394 g/mol. The molecule has 0 radical (unpaired) electrons. The number of sulfonamides is 1. The minimum Gasteiger partial charge on any atom is -0.452 e. The second kappa shape index (κ2) is 8.84. The molecule has 1 aromatic rings. The molecular formula is C19H26N2O5S. The molecule has 2 aliphatic rings. The molecule has 1 aromatic carbocycles. The fraction of sp³-hybridized carbons (Fsp3) is 0.579. The zero-order valence-electron chi connectivity index (χ0n) is 15.4. The third-order valence-corrected chi connectivity index (χ3v) is 7.01. The summed E-state index contributed by atoms with van der Waals surface area (Å²) in [5.74, 6) is -0.942. The van der Waals surface area contributed by atoms with Crippen molar-refractivity contribution >= 4 is 21.9 Å².